The topological polar surface area (TPSA) is 68.6 Å². The lowest BCUT2D eigenvalue weighted by atomic mass is 10.2. The molecule has 0 saturated carbocycles. The number of aromatic nitrogens is 1. The van der Waals surface area contributed by atoms with Crippen LogP contribution in [-0.4, -0.2) is 39.2 Å². The molecule has 1 saturated heterocycles. The third-order valence-electron chi connectivity index (χ3n) is 3.90. The van der Waals surface area contributed by atoms with Gasteiger partial charge in [-0.15, -0.1) is 0 Å². The van der Waals surface area contributed by atoms with Crippen molar-refractivity contribution in [3.8, 4) is 5.69 Å². The SMILES string of the molecule is Cc1ccc(-n2cccc2/C=C2/SC(=O)N(CC(=O)OC(C)C)C2=O)cc1. The summed E-state index contributed by atoms with van der Waals surface area (Å²) in [5.41, 5.74) is 2.88. The van der Waals surface area contributed by atoms with Crippen LogP contribution in [0.5, 0.6) is 0 Å². The van der Waals surface area contributed by atoms with Crippen LogP contribution in [0, 0.1) is 6.92 Å². The second-order valence-corrected chi connectivity index (χ2v) is 7.44. The first-order chi connectivity index (χ1) is 12.8. The van der Waals surface area contributed by atoms with Gasteiger partial charge in [0.2, 0.25) is 0 Å². The number of ether oxygens (including phenoxy) is 1. The van der Waals surface area contributed by atoms with Crippen molar-refractivity contribution in [2.45, 2.75) is 26.9 Å². The zero-order chi connectivity index (χ0) is 19.6. The van der Waals surface area contributed by atoms with Crippen molar-refractivity contribution < 1.29 is 19.1 Å². The monoisotopic (exact) mass is 384 g/mol. The molecule has 0 spiro atoms. The minimum atomic E-state index is -0.600. The third kappa shape index (κ3) is 4.31. The molecule has 1 aromatic carbocycles. The molecule has 27 heavy (non-hydrogen) atoms. The number of amides is 2. The van der Waals surface area contributed by atoms with Gasteiger partial charge in [0.1, 0.15) is 6.54 Å². The number of rotatable bonds is 5. The standard InChI is InChI=1S/C20H20N2O4S/c1-13(2)26-18(23)12-22-19(24)17(27-20(22)25)11-16-5-4-10-21(16)15-8-6-14(3)7-9-15/h4-11,13H,12H2,1-3H3/b17-11+. The number of thioether (sulfide) groups is 1. The zero-order valence-corrected chi connectivity index (χ0v) is 16.2. The van der Waals surface area contributed by atoms with Crippen molar-refractivity contribution in [1.29, 1.82) is 0 Å². The van der Waals surface area contributed by atoms with Gasteiger partial charge in [-0.2, -0.15) is 0 Å². The summed E-state index contributed by atoms with van der Waals surface area (Å²) in [5, 5.41) is -0.472. The fraction of sp³-hybridized carbons (Fsp3) is 0.250. The molecule has 0 atom stereocenters. The van der Waals surface area contributed by atoms with Crippen LogP contribution in [-0.2, 0) is 14.3 Å². The molecule has 7 heteroatoms. The summed E-state index contributed by atoms with van der Waals surface area (Å²) in [5.74, 6) is -1.08. The summed E-state index contributed by atoms with van der Waals surface area (Å²) in [6.07, 6.45) is 3.25. The average molecular weight is 384 g/mol. The number of esters is 1. The number of imide groups is 1. The highest BCUT2D eigenvalue weighted by atomic mass is 32.2. The molecular formula is C20H20N2O4S. The van der Waals surface area contributed by atoms with Crippen LogP contribution < -0.4 is 0 Å². The summed E-state index contributed by atoms with van der Waals surface area (Å²) in [6.45, 7) is 5.06. The highest BCUT2D eigenvalue weighted by molar-refractivity contribution is 8.18. The van der Waals surface area contributed by atoms with E-state index in [0.29, 0.717) is 0 Å². The minimum Gasteiger partial charge on any atom is -0.462 e. The maximum absolute atomic E-state index is 12.6. The second-order valence-electron chi connectivity index (χ2n) is 6.45. The highest BCUT2D eigenvalue weighted by Gasteiger charge is 2.37. The smallest absolute Gasteiger partial charge is 0.326 e. The van der Waals surface area contributed by atoms with Crippen LogP contribution in [0.2, 0.25) is 0 Å². The van der Waals surface area contributed by atoms with E-state index in [-0.39, 0.29) is 17.6 Å². The second kappa shape index (κ2) is 7.84. The van der Waals surface area contributed by atoms with E-state index in [1.165, 1.54) is 0 Å². The molecule has 0 radical (unpaired) electrons. The lowest BCUT2D eigenvalue weighted by Gasteiger charge is -2.13. The van der Waals surface area contributed by atoms with Gasteiger partial charge in [-0.3, -0.25) is 19.3 Å². The van der Waals surface area contributed by atoms with Gasteiger partial charge in [-0.1, -0.05) is 17.7 Å². The van der Waals surface area contributed by atoms with Gasteiger partial charge < -0.3 is 9.30 Å². The van der Waals surface area contributed by atoms with Crippen LogP contribution in [0.25, 0.3) is 11.8 Å². The molecule has 3 rings (SSSR count). The van der Waals surface area contributed by atoms with E-state index in [4.69, 9.17) is 4.74 Å². The molecule has 2 aromatic rings. The van der Waals surface area contributed by atoms with E-state index in [1.54, 1.807) is 19.9 Å². The molecule has 1 aliphatic heterocycles. The third-order valence-corrected chi connectivity index (χ3v) is 4.81. The van der Waals surface area contributed by atoms with Gasteiger partial charge in [0.25, 0.3) is 11.1 Å². The zero-order valence-electron chi connectivity index (χ0n) is 15.3. The summed E-state index contributed by atoms with van der Waals surface area (Å²) < 4.78 is 6.95. The van der Waals surface area contributed by atoms with Crippen LogP contribution in [0.15, 0.2) is 47.5 Å². The number of hydrogen-bond donors (Lipinski definition) is 0. The van der Waals surface area contributed by atoms with E-state index >= 15 is 0 Å². The van der Waals surface area contributed by atoms with Crippen molar-refractivity contribution in [2.24, 2.45) is 0 Å². The van der Waals surface area contributed by atoms with E-state index in [2.05, 4.69) is 0 Å². The molecule has 2 heterocycles. The Balaban J connectivity index is 1.82. The Kier molecular flexibility index (Phi) is 5.51. The number of hydrogen-bond acceptors (Lipinski definition) is 5. The molecule has 2 amide bonds. The maximum atomic E-state index is 12.6. The maximum Gasteiger partial charge on any atom is 0.326 e. The first-order valence-corrected chi connectivity index (χ1v) is 9.36. The number of aryl methyl sites for hydroxylation is 1. The molecule has 0 aliphatic carbocycles. The number of carbonyl (C=O) groups is 3. The molecule has 0 unspecified atom stereocenters. The number of benzene rings is 1. The Bertz CT molecular complexity index is 912. The average Bonchev–Trinajstić information content (AvgIpc) is 3.15. The predicted octanol–water partition coefficient (Wildman–Crippen LogP) is 3.77. The predicted molar refractivity (Wildman–Crippen MR) is 104 cm³/mol. The van der Waals surface area contributed by atoms with Crippen LogP contribution in [0.3, 0.4) is 0 Å². The summed E-state index contributed by atoms with van der Waals surface area (Å²) >= 11 is 0.825. The Hall–Kier alpha value is -2.80. The summed E-state index contributed by atoms with van der Waals surface area (Å²) in [6, 6.07) is 11.7. The van der Waals surface area contributed by atoms with E-state index in [9.17, 15) is 14.4 Å². The van der Waals surface area contributed by atoms with E-state index in [0.717, 1.165) is 33.6 Å². The first kappa shape index (κ1) is 19.0. The summed E-state index contributed by atoms with van der Waals surface area (Å²) in [4.78, 5) is 37.7. The van der Waals surface area contributed by atoms with Crippen molar-refractivity contribution in [2.75, 3.05) is 6.54 Å². The first-order valence-electron chi connectivity index (χ1n) is 8.54. The molecular weight excluding hydrogens is 364 g/mol. The molecule has 6 nitrogen and oxygen atoms in total. The van der Waals surface area contributed by atoms with Crippen LogP contribution in [0.4, 0.5) is 4.79 Å². The van der Waals surface area contributed by atoms with Crippen LogP contribution in [0.1, 0.15) is 25.1 Å². The Morgan fingerprint density at radius 1 is 1.19 bits per heavy atom. The molecule has 0 bridgehead atoms. The van der Waals surface area contributed by atoms with Gasteiger partial charge in [0, 0.05) is 17.6 Å². The number of nitrogens with zero attached hydrogens (tertiary/aromatic N) is 2. The van der Waals surface area contributed by atoms with Gasteiger partial charge in [-0.25, -0.2) is 0 Å². The quantitative estimate of drug-likeness (QED) is 0.580. The Labute approximate surface area is 161 Å². The van der Waals surface area contributed by atoms with Gasteiger partial charge in [0.05, 0.1) is 11.0 Å². The van der Waals surface area contributed by atoms with Crippen molar-refractivity contribution in [3.63, 3.8) is 0 Å². The Morgan fingerprint density at radius 2 is 1.89 bits per heavy atom. The van der Waals surface area contributed by atoms with Crippen molar-refractivity contribution in [1.82, 2.24) is 9.47 Å². The number of carbonyl (C=O) groups excluding carboxylic acids is 3. The lowest BCUT2D eigenvalue weighted by Crippen LogP contribution is -2.35. The van der Waals surface area contributed by atoms with Crippen molar-refractivity contribution in [3.05, 3.63) is 58.8 Å². The molecule has 0 N–H and O–H groups in total. The molecule has 1 fully saturated rings. The molecule has 140 valence electrons. The van der Waals surface area contributed by atoms with Crippen LogP contribution >= 0.6 is 11.8 Å². The van der Waals surface area contributed by atoms with E-state index < -0.39 is 17.1 Å². The van der Waals surface area contributed by atoms with Gasteiger partial charge >= 0.3 is 5.97 Å². The van der Waals surface area contributed by atoms with Gasteiger partial charge in [-0.05, 0) is 62.9 Å². The molecule has 1 aliphatic rings. The highest BCUT2D eigenvalue weighted by Crippen LogP contribution is 2.32. The largest absolute Gasteiger partial charge is 0.462 e. The fourth-order valence-electron chi connectivity index (χ4n) is 2.65. The van der Waals surface area contributed by atoms with Crippen molar-refractivity contribution >= 4 is 35.0 Å². The van der Waals surface area contributed by atoms with E-state index in [1.807, 2.05) is 54.1 Å². The lowest BCUT2D eigenvalue weighted by molar-refractivity contribution is -0.149. The normalized spacial score (nSPS) is 15.9. The minimum absolute atomic E-state index is 0.282. The van der Waals surface area contributed by atoms with Gasteiger partial charge in [0.15, 0.2) is 0 Å². The fourth-order valence-corrected chi connectivity index (χ4v) is 3.48. The molecule has 1 aromatic heterocycles. The Morgan fingerprint density at radius 3 is 2.56 bits per heavy atom. The summed E-state index contributed by atoms with van der Waals surface area (Å²) in [7, 11) is 0.